The minimum Gasteiger partial charge on any atom is -0.268 e. The lowest BCUT2D eigenvalue weighted by molar-refractivity contribution is 0.0717. The van der Waals surface area contributed by atoms with Crippen LogP contribution in [0.5, 0.6) is 0 Å². The minimum atomic E-state index is -0.147. The molecule has 4 nitrogen and oxygen atoms in total. The molecule has 1 amide bonds. The molecule has 0 aliphatic heterocycles. The number of benzene rings is 1. The maximum atomic E-state index is 11.5. The van der Waals surface area contributed by atoms with Gasteiger partial charge in [0.2, 0.25) is 0 Å². The number of rotatable bonds is 2. The maximum absolute atomic E-state index is 11.5. The fourth-order valence-corrected chi connectivity index (χ4v) is 1.03. The predicted octanol–water partition coefficient (Wildman–Crippen LogP) is 0.445. The van der Waals surface area contributed by atoms with E-state index in [1.54, 1.807) is 13.1 Å². The number of carbonyl (C=O) groups is 1. The molecule has 70 valence electrons. The van der Waals surface area contributed by atoms with Gasteiger partial charge in [-0.1, -0.05) is 17.7 Å². The average Bonchev–Trinajstić information content (AvgIpc) is 2.15. The van der Waals surface area contributed by atoms with Gasteiger partial charge < -0.3 is 0 Å². The van der Waals surface area contributed by atoms with Crippen molar-refractivity contribution >= 4 is 5.91 Å². The number of amides is 1. The second kappa shape index (κ2) is 4.02. The smallest absolute Gasteiger partial charge is 0.268 e. The van der Waals surface area contributed by atoms with Gasteiger partial charge in [0.05, 0.1) is 0 Å². The summed E-state index contributed by atoms with van der Waals surface area (Å²) in [6.45, 7) is 1.94. The molecule has 0 atom stereocenters. The summed E-state index contributed by atoms with van der Waals surface area (Å²) in [4.78, 5) is 11.5. The quantitative estimate of drug-likeness (QED) is 0.511. The number of hydrazine groups is 2. The van der Waals surface area contributed by atoms with E-state index in [4.69, 9.17) is 5.84 Å². The number of nitrogens with one attached hydrogen (secondary N) is 1. The number of hydrogen-bond acceptors (Lipinski definition) is 3. The number of nitrogens with zero attached hydrogens (tertiary/aromatic N) is 1. The van der Waals surface area contributed by atoms with Crippen molar-refractivity contribution in [3.63, 3.8) is 0 Å². The van der Waals surface area contributed by atoms with Crippen molar-refractivity contribution in [3.8, 4) is 0 Å². The van der Waals surface area contributed by atoms with Crippen LogP contribution in [0.3, 0.4) is 0 Å². The summed E-state index contributed by atoms with van der Waals surface area (Å²) < 4.78 is 0. The molecule has 0 aliphatic rings. The Morgan fingerprint density at radius 3 is 2.77 bits per heavy atom. The first-order valence-corrected chi connectivity index (χ1v) is 3.96. The zero-order chi connectivity index (χ0) is 9.84. The third kappa shape index (κ3) is 2.27. The van der Waals surface area contributed by atoms with Crippen molar-refractivity contribution in [2.75, 3.05) is 7.05 Å². The molecule has 0 bridgehead atoms. The molecule has 4 heteroatoms. The summed E-state index contributed by atoms with van der Waals surface area (Å²) in [5.41, 5.74) is 3.94. The number of hydrogen-bond donors (Lipinski definition) is 2. The Kier molecular flexibility index (Phi) is 3.00. The molecule has 0 fully saturated rings. The Hall–Kier alpha value is -1.39. The van der Waals surface area contributed by atoms with Gasteiger partial charge in [0.25, 0.3) is 5.91 Å². The highest BCUT2D eigenvalue weighted by Gasteiger charge is 2.09. The van der Waals surface area contributed by atoms with Crippen molar-refractivity contribution in [2.45, 2.75) is 6.92 Å². The molecule has 0 radical (unpaired) electrons. The minimum absolute atomic E-state index is 0.147. The lowest BCUT2D eigenvalue weighted by Gasteiger charge is -2.14. The topological polar surface area (TPSA) is 58.4 Å². The highest BCUT2D eigenvalue weighted by atomic mass is 16.2. The number of carbonyl (C=O) groups excluding carboxylic acids is 1. The highest BCUT2D eigenvalue weighted by Crippen LogP contribution is 2.05. The zero-order valence-electron chi connectivity index (χ0n) is 7.74. The fraction of sp³-hybridized carbons (Fsp3) is 0.222. The molecule has 0 aromatic heterocycles. The van der Waals surface area contributed by atoms with Crippen molar-refractivity contribution in [1.82, 2.24) is 10.5 Å². The highest BCUT2D eigenvalue weighted by molar-refractivity contribution is 5.93. The first-order valence-electron chi connectivity index (χ1n) is 3.96. The summed E-state index contributed by atoms with van der Waals surface area (Å²) in [6, 6.07) is 7.35. The van der Waals surface area contributed by atoms with E-state index in [1.807, 2.05) is 25.1 Å². The van der Waals surface area contributed by atoms with E-state index < -0.39 is 0 Å². The van der Waals surface area contributed by atoms with Gasteiger partial charge in [-0.3, -0.25) is 15.6 Å². The molecule has 0 unspecified atom stereocenters. The van der Waals surface area contributed by atoms with Crippen LogP contribution in [0.4, 0.5) is 0 Å². The summed E-state index contributed by atoms with van der Waals surface area (Å²) in [5.74, 6) is 4.96. The number of aryl methyl sites for hydroxylation is 1. The van der Waals surface area contributed by atoms with Crippen LogP contribution in [0, 0.1) is 6.92 Å². The molecular weight excluding hydrogens is 166 g/mol. The van der Waals surface area contributed by atoms with Gasteiger partial charge in [-0.05, 0) is 19.1 Å². The Morgan fingerprint density at radius 2 is 2.23 bits per heavy atom. The van der Waals surface area contributed by atoms with Crippen LogP contribution < -0.4 is 11.4 Å². The second-order valence-corrected chi connectivity index (χ2v) is 2.86. The molecule has 0 saturated heterocycles. The summed E-state index contributed by atoms with van der Waals surface area (Å²) in [6.07, 6.45) is 0. The largest absolute Gasteiger partial charge is 0.268 e. The standard InChI is InChI=1S/C9H13N3O/c1-7-4-3-5-8(6-7)9(13)12(2)11-10/h3-6,11H,10H2,1-2H3. The van der Waals surface area contributed by atoms with Crippen LogP contribution in [-0.4, -0.2) is 18.0 Å². The maximum Gasteiger partial charge on any atom is 0.268 e. The monoisotopic (exact) mass is 179 g/mol. The van der Waals surface area contributed by atoms with E-state index in [2.05, 4.69) is 5.53 Å². The second-order valence-electron chi connectivity index (χ2n) is 2.86. The van der Waals surface area contributed by atoms with Crippen LogP contribution in [0.15, 0.2) is 24.3 Å². The molecule has 3 N–H and O–H groups in total. The van der Waals surface area contributed by atoms with Gasteiger partial charge in [0, 0.05) is 12.6 Å². The van der Waals surface area contributed by atoms with Crippen LogP contribution in [0.2, 0.25) is 0 Å². The van der Waals surface area contributed by atoms with E-state index in [0.717, 1.165) is 5.56 Å². The molecule has 0 saturated carbocycles. The first-order chi connectivity index (χ1) is 6.15. The Labute approximate surface area is 77.3 Å². The molecule has 1 rings (SSSR count). The van der Waals surface area contributed by atoms with Crippen molar-refractivity contribution in [3.05, 3.63) is 35.4 Å². The lowest BCUT2D eigenvalue weighted by atomic mass is 10.1. The average molecular weight is 179 g/mol. The zero-order valence-corrected chi connectivity index (χ0v) is 7.74. The normalized spacial score (nSPS) is 9.77. The Bertz CT molecular complexity index is 311. The third-order valence-electron chi connectivity index (χ3n) is 1.76. The van der Waals surface area contributed by atoms with Gasteiger partial charge in [-0.2, -0.15) is 5.53 Å². The van der Waals surface area contributed by atoms with E-state index in [1.165, 1.54) is 5.01 Å². The Balaban J connectivity index is 2.89. The molecule has 1 aromatic rings. The van der Waals surface area contributed by atoms with Gasteiger partial charge in [0.15, 0.2) is 0 Å². The van der Waals surface area contributed by atoms with E-state index >= 15 is 0 Å². The van der Waals surface area contributed by atoms with E-state index in [9.17, 15) is 4.79 Å². The molecule has 1 aromatic carbocycles. The van der Waals surface area contributed by atoms with Crippen LogP contribution in [0.25, 0.3) is 0 Å². The first kappa shape index (κ1) is 9.70. The fourth-order valence-electron chi connectivity index (χ4n) is 1.03. The SMILES string of the molecule is Cc1cccc(C(=O)N(C)NN)c1. The third-order valence-corrected chi connectivity index (χ3v) is 1.76. The van der Waals surface area contributed by atoms with Crippen LogP contribution in [0.1, 0.15) is 15.9 Å². The molecule has 0 spiro atoms. The van der Waals surface area contributed by atoms with Crippen LogP contribution in [-0.2, 0) is 0 Å². The van der Waals surface area contributed by atoms with Gasteiger partial charge in [-0.25, -0.2) is 0 Å². The summed E-state index contributed by atoms with van der Waals surface area (Å²) in [5, 5.41) is 1.23. The van der Waals surface area contributed by atoms with Gasteiger partial charge in [0.1, 0.15) is 0 Å². The summed E-state index contributed by atoms with van der Waals surface area (Å²) in [7, 11) is 1.57. The van der Waals surface area contributed by atoms with Gasteiger partial charge >= 0.3 is 0 Å². The van der Waals surface area contributed by atoms with Crippen molar-refractivity contribution < 1.29 is 4.79 Å². The van der Waals surface area contributed by atoms with Crippen molar-refractivity contribution in [1.29, 1.82) is 0 Å². The van der Waals surface area contributed by atoms with E-state index in [-0.39, 0.29) is 5.91 Å². The van der Waals surface area contributed by atoms with E-state index in [0.29, 0.717) is 5.56 Å². The summed E-state index contributed by atoms with van der Waals surface area (Å²) >= 11 is 0. The molecular formula is C9H13N3O. The molecule has 13 heavy (non-hydrogen) atoms. The number of nitrogens with two attached hydrogens (primary N) is 1. The predicted molar refractivity (Wildman–Crippen MR) is 50.6 cm³/mol. The van der Waals surface area contributed by atoms with Crippen LogP contribution >= 0.6 is 0 Å². The molecule has 0 heterocycles. The Morgan fingerprint density at radius 1 is 1.54 bits per heavy atom. The lowest BCUT2D eigenvalue weighted by Crippen LogP contribution is -2.43. The van der Waals surface area contributed by atoms with Gasteiger partial charge in [-0.15, -0.1) is 0 Å². The molecule has 0 aliphatic carbocycles. The van der Waals surface area contributed by atoms with Crippen molar-refractivity contribution in [2.24, 2.45) is 5.84 Å².